The number of carbonyl (C=O) groups is 1. The predicted molar refractivity (Wildman–Crippen MR) is 23.2 cm³/mol. The largest absolute Gasteiger partial charge is 0.299 e. The van der Waals surface area contributed by atoms with E-state index < -0.39 is 0 Å². The summed E-state index contributed by atoms with van der Waals surface area (Å²) in [6.07, 6.45) is 0.606. The van der Waals surface area contributed by atoms with E-state index in [2.05, 4.69) is 15.6 Å². The van der Waals surface area contributed by atoms with Crippen molar-refractivity contribution in [3.8, 4) is 0 Å². The molecular weight excluding hydrogens is 96.0 g/mol. The summed E-state index contributed by atoms with van der Waals surface area (Å²) < 4.78 is 0. The van der Waals surface area contributed by atoms with Crippen LogP contribution in [0.3, 0.4) is 0 Å². The van der Waals surface area contributed by atoms with Gasteiger partial charge in [-0.15, -0.1) is 5.53 Å². The molecule has 0 aliphatic heterocycles. The third kappa shape index (κ3) is 4.78. The topological polar surface area (TPSA) is 77.9 Å². The van der Waals surface area contributed by atoms with Crippen LogP contribution in [0, 0.1) is 0 Å². The van der Waals surface area contributed by atoms with Gasteiger partial charge in [-0.05, 0) is 5.22 Å². The molecule has 0 spiro atoms. The van der Waals surface area contributed by atoms with Gasteiger partial charge in [0.25, 0.3) is 0 Å². The van der Waals surface area contributed by atoms with Crippen molar-refractivity contribution in [3.63, 3.8) is 0 Å². The van der Waals surface area contributed by atoms with E-state index in [1.165, 1.54) is 0 Å². The molecule has 0 amide bonds. The Morgan fingerprint density at radius 2 is 2.71 bits per heavy atom. The Morgan fingerprint density at radius 3 is 3.14 bits per heavy atom. The van der Waals surface area contributed by atoms with Crippen LogP contribution in [-0.4, -0.2) is 12.8 Å². The lowest BCUT2D eigenvalue weighted by molar-refractivity contribution is -0.107. The Hall–Kier alpha value is -1.22. The quantitative estimate of drug-likeness (QED) is 0.135. The highest BCUT2D eigenvalue weighted by Gasteiger charge is 1.71. The van der Waals surface area contributed by atoms with Gasteiger partial charge in [0.15, 0.2) is 6.29 Å². The van der Waals surface area contributed by atoms with E-state index in [0.29, 0.717) is 6.29 Å². The van der Waals surface area contributed by atoms with Crippen LogP contribution in [0.25, 0.3) is 10.4 Å². The van der Waals surface area contributed by atoms with Gasteiger partial charge in [0.1, 0.15) is 6.54 Å². The van der Waals surface area contributed by atoms with Crippen LogP contribution in [0.15, 0.2) is 5.22 Å². The minimum Gasteiger partial charge on any atom is -0.299 e. The minimum atomic E-state index is 0.0735. The second-order valence-electron chi connectivity index (χ2n) is 0.718. The number of hydrogen-bond acceptors (Lipinski definition) is 2. The van der Waals surface area contributed by atoms with Gasteiger partial charge in [0.2, 0.25) is 0 Å². The summed E-state index contributed by atoms with van der Waals surface area (Å²) in [4.78, 5) is 11.8. The van der Waals surface area contributed by atoms with Crippen molar-refractivity contribution in [1.29, 1.82) is 0 Å². The Labute approximate surface area is 39.9 Å². The van der Waals surface area contributed by atoms with Crippen molar-refractivity contribution in [2.24, 2.45) is 5.22 Å². The Balaban J connectivity index is 2.97. The lowest BCUT2D eigenvalue weighted by Gasteiger charge is -1.77. The minimum absolute atomic E-state index is 0.0735. The lowest BCUT2D eigenvalue weighted by atomic mass is 10.8. The SMILES string of the molecule is [N-]=[N+]=NNCC=O. The van der Waals surface area contributed by atoms with Gasteiger partial charge in [-0.25, -0.2) is 0 Å². The van der Waals surface area contributed by atoms with Crippen LogP contribution in [0.5, 0.6) is 0 Å². The molecule has 0 aromatic heterocycles. The van der Waals surface area contributed by atoms with E-state index in [1.807, 2.05) is 0 Å². The van der Waals surface area contributed by atoms with Crippen molar-refractivity contribution >= 4 is 6.29 Å². The van der Waals surface area contributed by atoms with Gasteiger partial charge in [-0.2, -0.15) is 4.91 Å². The van der Waals surface area contributed by atoms with Gasteiger partial charge in [-0.3, -0.25) is 10.2 Å². The fourth-order valence-corrected chi connectivity index (χ4v) is 0.110. The smallest absolute Gasteiger partial charge is 0.161 e. The van der Waals surface area contributed by atoms with E-state index in [-0.39, 0.29) is 6.54 Å². The molecule has 0 saturated heterocycles. The molecule has 0 rings (SSSR count). The van der Waals surface area contributed by atoms with Crippen LogP contribution in [0.2, 0.25) is 0 Å². The normalized spacial score (nSPS) is 6.29. The zero-order chi connectivity index (χ0) is 5.54. The van der Waals surface area contributed by atoms with Crippen molar-refractivity contribution in [1.82, 2.24) is 5.43 Å². The molecule has 0 aliphatic carbocycles. The molecule has 0 unspecified atom stereocenters. The van der Waals surface area contributed by atoms with Crippen LogP contribution in [0.4, 0.5) is 0 Å². The zero-order valence-electron chi connectivity index (χ0n) is 3.53. The van der Waals surface area contributed by atoms with Crippen molar-refractivity contribution < 1.29 is 4.79 Å². The number of carbonyl (C=O) groups excluding carboxylic acids is 1. The average Bonchev–Trinajstić information content (AvgIpc) is 1.69. The summed E-state index contributed by atoms with van der Waals surface area (Å²) in [7, 11) is 0. The first-order valence-corrected chi connectivity index (χ1v) is 1.62. The first kappa shape index (κ1) is 5.78. The van der Waals surface area contributed by atoms with E-state index >= 15 is 0 Å². The molecule has 0 heterocycles. The van der Waals surface area contributed by atoms with Crippen LogP contribution >= 0.6 is 0 Å². The molecule has 0 aromatic rings. The molecule has 0 aliphatic rings. The van der Waals surface area contributed by atoms with Crippen LogP contribution in [-0.2, 0) is 4.79 Å². The molecule has 0 radical (unpaired) electrons. The maximum atomic E-state index is 9.43. The molecule has 7 heavy (non-hydrogen) atoms. The van der Waals surface area contributed by atoms with E-state index in [1.54, 1.807) is 0 Å². The standard InChI is InChI=1S/C2H4N4O/c3-5-6-4-1-2-7/h2,4H,1H2. The Kier molecular flexibility index (Phi) is 3.95. The first-order chi connectivity index (χ1) is 3.41. The molecule has 0 saturated carbocycles. The number of nitrogens with one attached hydrogen (secondary N) is 1. The van der Waals surface area contributed by atoms with Crippen molar-refractivity contribution in [3.05, 3.63) is 10.4 Å². The van der Waals surface area contributed by atoms with Gasteiger partial charge in [0, 0.05) is 0 Å². The molecule has 0 fully saturated rings. The number of hydrogen-bond donors (Lipinski definition) is 1. The molecule has 5 heteroatoms. The van der Waals surface area contributed by atoms with Crippen molar-refractivity contribution in [2.45, 2.75) is 0 Å². The van der Waals surface area contributed by atoms with Crippen LogP contribution < -0.4 is 5.43 Å². The monoisotopic (exact) mass is 100 g/mol. The summed E-state index contributed by atoms with van der Waals surface area (Å²) >= 11 is 0. The van der Waals surface area contributed by atoms with Gasteiger partial charge in [0.05, 0.1) is 0 Å². The Bertz CT molecular complexity index is 93.9. The van der Waals surface area contributed by atoms with E-state index in [4.69, 9.17) is 5.53 Å². The predicted octanol–water partition coefficient (Wildman–Crippen LogP) is 0.000200. The summed E-state index contributed by atoms with van der Waals surface area (Å²) in [5, 5.41) is 2.86. The second kappa shape index (κ2) is 4.78. The third-order valence-electron chi connectivity index (χ3n) is 0.290. The summed E-state index contributed by atoms with van der Waals surface area (Å²) in [5.74, 6) is 0. The van der Waals surface area contributed by atoms with E-state index in [9.17, 15) is 4.79 Å². The summed E-state index contributed by atoms with van der Waals surface area (Å²) in [6.45, 7) is 0.0735. The van der Waals surface area contributed by atoms with Crippen LogP contribution in [0.1, 0.15) is 0 Å². The lowest BCUT2D eigenvalue weighted by Crippen LogP contribution is -2.05. The number of azide groups is 1. The molecule has 0 bridgehead atoms. The summed E-state index contributed by atoms with van der Waals surface area (Å²) in [6, 6.07) is 0. The molecule has 1 N–H and O–H groups in total. The number of nitrogens with zero attached hydrogens (tertiary/aromatic N) is 3. The average molecular weight is 100 g/mol. The van der Waals surface area contributed by atoms with E-state index in [0.717, 1.165) is 0 Å². The molecular formula is C2H4N4O. The second-order valence-corrected chi connectivity index (χ2v) is 0.718. The fraction of sp³-hybridized carbons (Fsp3) is 0.500. The maximum absolute atomic E-state index is 9.43. The van der Waals surface area contributed by atoms with Gasteiger partial charge < -0.3 is 0 Å². The highest BCUT2D eigenvalue weighted by atomic mass is 16.1. The number of rotatable bonds is 3. The van der Waals surface area contributed by atoms with Gasteiger partial charge >= 0.3 is 0 Å². The first-order valence-electron chi connectivity index (χ1n) is 1.62. The maximum Gasteiger partial charge on any atom is 0.161 e. The molecule has 38 valence electrons. The van der Waals surface area contributed by atoms with Crippen molar-refractivity contribution in [2.75, 3.05) is 6.54 Å². The summed E-state index contributed by atoms with van der Waals surface area (Å²) in [5.41, 5.74) is 9.70. The molecule has 0 atom stereocenters. The molecule has 0 aromatic carbocycles. The Morgan fingerprint density at radius 1 is 2.00 bits per heavy atom. The highest BCUT2D eigenvalue weighted by Crippen LogP contribution is 1.54. The zero-order valence-corrected chi connectivity index (χ0v) is 3.53. The third-order valence-corrected chi connectivity index (χ3v) is 0.290. The molecule has 5 nitrogen and oxygen atoms in total. The van der Waals surface area contributed by atoms with Gasteiger partial charge in [-0.1, -0.05) is 0 Å². The fourth-order valence-electron chi connectivity index (χ4n) is 0.110. The number of aldehydes is 1. The highest BCUT2D eigenvalue weighted by molar-refractivity contribution is 5.51.